The molecule has 0 bridgehead atoms. The van der Waals surface area contributed by atoms with E-state index in [1.54, 1.807) is 0 Å². The fraction of sp³-hybridized carbons (Fsp3) is 1.00. The normalized spacial score (nSPS) is 31.2. The largest absolute Gasteiger partial charge is 0.393 e. The Bertz CT molecular complexity index is 165. The molecule has 1 saturated heterocycles. The first kappa shape index (κ1) is 8.52. The van der Waals surface area contributed by atoms with Gasteiger partial charge in [0, 0.05) is 13.1 Å². The van der Waals surface area contributed by atoms with Crippen LogP contribution >= 0.6 is 0 Å². The van der Waals surface area contributed by atoms with E-state index in [0.29, 0.717) is 5.41 Å². The summed E-state index contributed by atoms with van der Waals surface area (Å²) in [6.07, 6.45) is 3.65. The van der Waals surface area contributed by atoms with Gasteiger partial charge in [-0.05, 0) is 44.6 Å². The zero-order valence-corrected chi connectivity index (χ0v) is 8.08. The summed E-state index contributed by atoms with van der Waals surface area (Å²) in [5.41, 5.74) is 0.689. The lowest BCUT2D eigenvalue weighted by molar-refractivity contribution is -0.0908. The number of nitrogens with zero attached hydrogens (tertiary/aromatic N) is 1. The molecular formula is C10H19NO. The van der Waals surface area contributed by atoms with Gasteiger partial charge in [0.05, 0.1) is 6.10 Å². The predicted molar refractivity (Wildman–Crippen MR) is 49.0 cm³/mol. The zero-order chi connectivity index (χ0) is 8.77. The van der Waals surface area contributed by atoms with Crippen molar-refractivity contribution in [2.24, 2.45) is 11.3 Å². The summed E-state index contributed by atoms with van der Waals surface area (Å²) in [5, 5.41) is 9.19. The van der Waals surface area contributed by atoms with E-state index in [4.69, 9.17) is 0 Å². The average molecular weight is 169 g/mol. The maximum atomic E-state index is 9.19. The fourth-order valence-electron chi connectivity index (χ4n) is 3.17. The lowest BCUT2D eigenvalue weighted by Gasteiger charge is -2.58. The molecule has 0 radical (unpaired) electrons. The van der Waals surface area contributed by atoms with Crippen LogP contribution in [-0.2, 0) is 0 Å². The highest BCUT2D eigenvalue weighted by atomic mass is 16.3. The highest BCUT2D eigenvalue weighted by Crippen LogP contribution is 2.52. The number of hydrogen-bond donors (Lipinski definition) is 1. The van der Waals surface area contributed by atoms with Crippen molar-refractivity contribution in [2.45, 2.75) is 32.3 Å². The summed E-state index contributed by atoms with van der Waals surface area (Å²) in [7, 11) is 2.19. The third-order valence-electron chi connectivity index (χ3n) is 3.33. The van der Waals surface area contributed by atoms with Gasteiger partial charge in [-0.3, -0.25) is 0 Å². The van der Waals surface area contributed by atoms with Crippen molar-refractivity contribution >= 4 is 0 Å². The monoisotopic (exact) mass is 169 g/mol. The molecule has 1 aliphatic heterocycles. The summed E-state index contributed by atoms with van der Waals surface area (Å²) in [6, 6.07) is 0. The fourth-order valence-corrected chi connectivity index (χ4v) is 3.17. The summed E-state index contributed by atoms with van der Waals surface area (Å²) >= 11 is 0. The summed E-state index contributed by atoms with van der Waals surface area (Å²) in [5.74, 6) is 0.818. The second kappa shape index (κ2) is 2.71. The van der Waals surface area contributed by atoms with E-state index in [2.05, 4.69) is 11.9 Å². The van der Waals surface area contributed by atoms with Gasteiger partial charge in [-0.1, -0.05) is 0 Å². The SMILES string of the molecule is C[C@H](O)CC1CC2(C1)CN(C)C2. The molecule has 2 nitrogen and oxygen atoms in total. The number of rotatable bonds is 2. The lowest BCUT2D eigenvalue weighted by atomic mass is 9.57. The molecule has 0 unspecified atom stereocenters. The van der Waals surface area contributed by atoms with Crippen LogP contribution in [0.15, 0.2) is 0 Å². The van der Waals surface area contributed by atoms with Crippen molar-refractivity contribution in [1.29, 1.82) is 0 Å². The first-order valence-corrected chi connectivity index (χ1v) is 4.96. The molecule has 2 heteroatoms. The quantitative estimate of drug-likeness (QED) is 0.669. The molecule has 0 aromatic carbocycles. The predicted octanol–water partition coefficient (Wildman–Crippen LogP) is 1.10. The van der Waals surface area contributed by atoms with Gasteiger partial charge >= 0.3 is 0 Å². The van der Waals surface area contributed by atoms with E-state index in [9.17, 15) is 5.11 Å². The molecule has 1 spiro atoms. The molecule has 2 rings (SSSR count). The second-order valence-electron chi connectivity index (χ2n) is 5.03. The van der Waals surface area contributed by atoms with Gasteiger partial charge in [-0.15, -0.1) is 0 Å². The van der Waals surface area contributed by atoms with E-state index in [1.807, 2.05) is 6.92 Å². The third-order valence-corrected chi connectivity index (χ3v) is 3.33. The lowest BCUT2D eigenvalue weighted by Crippen LogP contribution is -2.60. The second-order valence-corrected chi connectivity index (χ2v) is 5.03. The molecule has 2 aliphatic rings. The van der Waals surface area contributed by atoms with E-state index in [1.165, 1.54) is 25.9 Å². The van der Waals surface area contributed by atoms with Crippen molar-refractivity contribution in [1.82, 2.24) is 4.90 Å². The molecule has 1 atom stereocenters. The van der Waals surface area contributed by atoms with Crippen LogP contribution in [0, 0.1) is 11.3 Å². The third kappa shape index (κ3) is 1.38. The maximum Gasteiger partial charge on any atom is 0.0514 e. The van der Waals surface area contributed by atoms with Crippen LogP contribution in [0.4, 0.5) is 0 Å². The van der Waals surface area contributed by atoms with Crippen molar-refractivity contribution in [3.8, 4) is 0 Å². The molecule has 0 aromatic heterocycles. The zero-order valence-electron chi connectivity index (χ0n) is 8.08. The van der Waals surface area contributed by atoms with Crippen molar-refractivity contribution in [3.63, 3.8) is 0 Å². The van der Waals surface area contributed by atoms with Gasteiger partial charge in [-0.25, -0.2) is 0 Å². The van der Waals surface area contributed by atoms with Crippen molar-refractivity contribution in [3.05, 3.63) is 0 Å². The minimum Gasteiger partial charge on any atom is -0.393 e. The average Bonchev–Trinajstić information content (AvgIpc) is 1.78. The van der Waals surface area contributed by atoms with Crippen LogP contribution in [0.1, 0.15) is 26.2 Å². The Balaban J connectivity index is 1.70. The van der Waals surface area contributed by atoms with Gasteiger partial charge < -0.3 is 10.0 Å². The standard InChI is InChI=1S/C10H19NO/c1-8(12)3-9-4-10(5-9)6-11(2)7-10/h8-9,12H,3-7H2,1-2H3/t8-/m0/s1. The van der Waals surface area contributed by atoms with E-state index in [0.717, 1.165) is 12.3 Å². The molecule has 70 valence electrons. The molecule has 2 fully saturated rings. The molecule has 1 aliphatic carbocycles. The van der Waals surface area contributed by atoms with Gasteiger partial charge in [0.15, 0.2) is 0 Å². The molecular weight excluding hydrogens is 150 g/mol. The molecule has 0 aromatic rings. The Kier molecular flexibility index (Phi) is 1.92. The van der Waals surface area contributed by atoms with E-state index < -0.39 is 0 Å². The Hall–Kier alpha value is -0.0800. The smallest absolute Gasteiger partial charge is 0.0514 e. The molecule has 12 heavy (non-hydrogen) atoms. The topological polar surface area (TPSA) is 23.5 Å². The Morgan fingerprint density at radius 3 is 2.50 bits per heavy atom. The molecule has 1 saturated carbocycles. The molecule has 0 amide bonds. The number of likely N-dealkylation sites (tertiary alicyclic amines) is 1. The summed E-state index contributed by atoms with van der Waals surface area (Å²) in [4.78, 5) is 2.39. The minimum atomic E-state index is -0.0924. The summed E-state index contributed by atoms with van der Waals surface area (Å²) < 4.78 is 0. The van der Waals surface area contributed by atoms with Crippen LogP contribution in [-0.4, -0.2) is 36.2 Å². The molecule has 1 heterocycles. The van der Waals surface area contributed by atoms with E-state index in [-0.39, 0.29) is 6.10 Å². The van der Waals surface area contributed by atoms with Crippen LogP contribution in [0.25, 0.3) is 0 Å². The summed E-state index contributed by atoms with van der Waals surface area (Å²) in [6.45, 7) is 4.49. The van der Waals surface area contributed by atoms with Crippen molar-refractivity contribution in [2.75, 3.05) is 20.1 Å². The number of aliphatic hydroxyl groups excluding tert-OH is 1. The Morgan fingerprint density at radius 2 is 2.08 bits per heavy atom. The van der Waals surface area contributed by atoms with E-state index >= 15 is 0 Å². The Morgan fingerprint density at radius 1 is 1.50 bits per heavy atom. The van der Waals surface area contributed by atoms with Crippen LogP contribution in [0.3, 0.4) is 0 Å². The number of aliphatic hydroxyl groups is 1. The van der Waals surface area contributed by atoms with Gasteiger partial charge in [0.2, 0.25) is 0 Å². The molecule has 1 N–H and O–H groups in total. The van der Waals surface area contributed by atoms with Gasteiger partial charge in [0.1, 0.15) is 0 Å². The van der Waals surface area contributed by atoms with Crippen LogP contribution in [0.2, 0.25) is 0 Å². The highest BCUT2D eigenvalue weighted by Gasteiger charge is 2.50. The van der Waals surface area contributed by atoms with Gasteiger partial charge in [0.25, 0.3) is 0 Å². The maximum absolute atomic E-state index is 9.19. The van der Waals surface area contributed by atoms with Crippen LogP contribution in [0.5, 0.6) is 0 Å². The van der Waals surface area contributed by atoms with Crippen molar-refractivity contribution < 1.29 is 5.11 Å². The van der Waals surface area contributed by atoms with Crippen LogP contribution < -0.4 is 0 Å². The number of hydrogen-bond acceptors (Lipinski definition) is 2. The minimum absolute atomic E-state index is 0.0924. The first-order valence-electron chi connectivity index (χ1n) is 4.96. The Labute approximate surface area is 74.6 Å². The first-order chi connectivity index (χ1) is 5.60. The highest BCUT2D eigenvalue weighted by molar-refractivity contribution is 5.03. The van der Waals surface area contributed by atoms with Gasteiger partial charge in [-0.2, -0.15) is 0 Å².